The Kier molecular flexibility index (Phi) is 5.69. The van der Waals surface area contributed by atoms with Gasteiger partial charge in [0.1, 0.15) is 17.5 Å². The van der Waals surface area contributed by atoms with Crippen LogP contribution in [0.25, 0.3) is 0 Å². The Hall–Kier alpha value is -2.24. The summed E-state index contributed by atoms with van der Waals surface area (Å²) in [5.74, 6) is 0.766. The first kappa shape index (κ1) is 18.5. The molecule has 1 N–H and O–H groups in total. The average Bonchev–Trinajstić information content (AvgIpc) is 3.05. The van der Waals surface area contributed by atoms with Crippen molar-refractivity contribution < 1.29 is 24.2 Å². The predicted molar refractivity (Wildman–Crippen MR) is 96.5 cm³/mol. The lowest BCUT2D eigenvalue weighted by atomic mass is 9.84. The summed E-state index contributed by atoms with van der Waals surface area (Å²) in [6.07, 6.45) is 5.59. The molecule has 142 valence electrons. The molecule has 1 saturated carbocycles. The normalized spacial score (nSPS) is 24.8. The fraction of sp³-hybridized carbons (Fsp3) is 0.600. The third-order valence-corrected chi connectivity index (χ3v) is 5.70. The quantitative estimate of drug-likeness (QED) is 0.843. The summed E-state index contributed by atoms with van der Waals surface area (Å²) in [4.78, 5) is 26.2. The zero-order valence-corrected chi connectivity index (χ0v) is 15.4. The van der Waals surface area contributed by atoms with Crippen molar-refractivity contribution in [1.29, 1.82) is 0 Å². The molecule has 0 bridgehead atoms. The first-order valence-electron chi connectivity index (χ1n) is 9.29. The van der Waals surface area contributed by atoms with E-state index < -0.39 is 12.0 Å². The zero-order valence-electron chi connectivity index (χ0n) is 15.4. The predicted octanol–water partition coefficient (Wildman–Crippen LogP) is 2.88. The first-order valence-corrected chi connectivity index (χ1v) is 9.29. The van der Waals surface area contributed by atoms with Gasteiger partial charge in [0.05, 0.1) is 14.2 Å². The fourth-order valence-electron chi connectivity index (χ4n) is 4.43. The van der Waals surface area contributed by atoms with Gasteiger partial charge in [0.2, 0.25) is 5.91 Å². The van der Waals surface area contributed by atoms with Crippen LogP contribution in [0.3, 0.4) is 0 Å². The molecule has 1 aromatic carbocycles. The maximum absolute atomic E-state index is 12.9. The molecule has 0 radical (unpaired) electrons. The molecule has 26 heavy (non-hydrogen) atoms. The van der Waals surface area contributed by atoms with Gasteiger partial charge >= 0.3 is 5.97 Å². The first-order chi connectivity index (χ1) is 12.5. The molecule has 1 aromatic rings. The molecule has 3 unspecified atom stereocenters. The molecule has 6 nitrogen and oxygen atoms in total. The number of fused-ring (bicyclic) bond motifs is 1. The van der Waals surface area contributed by atoms with Gasteiger partial charge < -0.3 is 19.5 Å². The summed E-state index contributed by atoms with van der Waals surface area (Å²) >= 11 is 0. The van der Waals surface area contributed by atoms with E-state index in [1.165, 1.54) is 0 Å². The highest BCUT2D eigenvalue weighted by Gasteiger charge is 2.47. The highest BCUT2D eigenvalue weighted by atomic mass is 16.5. The molecule has 1 aliphatic carbocycles. The number of carbonyl (C=O) groups is 2. The van der Waals surface area contributed by atoms with Crippen molar-refractivity contribution in [3.63, 3.8) is 0 Å². The van der Waals surface area contributed by atoms with Gasteiger partial charge in [0.25, 0.3) is 0 Å². The largest absolute Gasteiger partial charge is 0.497 e. The van der Waals surface area contributed by atoms with Crippen molar-refractivity contribution in [3.05, 3.63) is 23.8 Å². The Bertz CT molecular complexity index is 652. The van der Waals surface area contributed by atoms with Crippen molar-refractivity contribution in [2.24, 2.45) is 5.92 Å². The van der Waals surface area contributed by atoms with E-state index in [4.69, 9.17) is 9.47 Å². The average molecular weight is 361 g/mol. The summed E-state index contributed by atoms with van der Waals surface area (Å²) in [6.45, 7) is 0. The van der Waals surface area contributed by atoms with Crippen LogP contribution in [0.15, 0.2) is 18.2 Å². The van der Waals surface area contributed by atoms with E-state index in [2.05, 4.69) is 0 Å². The van der Waals surface area contributed by atoms with E-state index in [0.29, 0.717) is 36.7 Å². The molecule has 2 fully saturated rings. The molecule has 1 amide bonds. The molecule has 0 spiro atoms. The van der Waals surface area contributed by atoms with Crippen LogP contribution in [-0.2, 0) is 16.0 Å². The van der Waals surface area contributed by atoms with E-state index in [1.807, 2.05) is 12.1 Å². The van der Waals surface area contributed by atoms with E-state index in [-0.39, 0.29) is 11.9 Å². The van der Waals surface area contributed by atoms with Crippen LogP contribution >= 0.6 is 0 Å². The SMILES string of the molecule is COc1cc(CCC(=O)N2C(C(=O)O)CC3CCCCC32)cc(OC)c1. The maximum atomic E-state index is 12.9. The number of nitrogens with zero attached hydrogens (tertiary/aromatic N) is 1. The lowest BCUT2D eigenvalue weighted by Gasteiger charge is -2.33. The highest BCUT2D eigenvalue weighted by Crippen LogP contribution is 2.40. The number of likely N-dealkylation sites (tertiary alicyclic amines) is 1. The van der Waals surface area contributed by atoms with Crippen molar-refractivity contribution >= 4 is 11.9 Å². The molecule has 3 atom stereocenters. The van der Waals surface area contributed by atoms with E-state index in [1.54, 1.807) is 25.2 Å². The number of carboxylic acid groups (broad SMARTS) is 1. The van der Waals surface area contributed by atoms with Crippen LogP contribution in [-0.4, -0.2) is 48.2 Å². The van der Waals surface area contributed by atoms with Crippen LogP contribution in [0.2, 0.25) is 0 Å². The van der Waals surface area contributed by atoms with Crippen LogP contribution in [0.1, 0.15) is 44.1 Å². The van der Waals surface area contributed by atoms with Crippen molar-refractivity contribution in [1.82, 2.24) is 4.90 Å². The van der Waals surface area contributed by atoms with E-state index in [0.717, 1.165) is 31.2 Å². The van der Waals surface area contributed by atoms with Crippen LogP contribution in [0.5, 0.6) is 11.5 Å². The van der Waals surface area contributed by atoms with Gasteiger partial charge in [-0.3, -0.25) is 4.79 Å². The van der Waals surface area contributed by atoms with Crippen LogP contribution in [0.4, 0.5) is 0 Å². The molecule has 6 heteroatoms. The van der Waals surface area contributed by atoms with Gasteiger partial charge in [-0.05, 0) is 49.3 Å². The second kappa shape index (κ2) is 7.98. The molecular formula is C20H27NO5. The van der Waals surface area contributed by atoms with Crippen molar-refractivity contribution in [2.75, 3.05) is 14.2 Å². The highest BCUT2D eigenvalue weighted by molar-refractivity contribution is 5.85. The summed E-state index contributed by atoms with van der Waals surface area (Å²) in [7, 11) is 3.18. The van der Waals surface area contributed by atoms with Gasteiger partial charge in [0.15, 0.2) is 0 Å². The summed E-state index contributed by atoms with van der Waals surface area (Å²) in [5.41, 5.74) is 0.945. The molecular weight excluding hydrogens is 334 g/mol. The second-order valence-electron chi connectivity index (χ2n) is 7.22. The molecule has 2 aliphatic rings. The topological polar surface area (TPSA) is 76.1 Å². The molecule has 3 rings (SSSR count). The summed E-state index contributed by atoms with van der Waals surface area (Å²) < 4.78 is 10.5. The lowest BCUT2D eigenvalue weighted by Crippen LogP contribution is -2.46. The molecule has 0 aromatic heterocycles. The second-order valence-corrected chi connectivity index (χ2v) is 7.22. The Morgan fingerprint density at radius 3 is 2.38 bits per heavy atom. The molecule has 1 heterocycles. The van der Waals surface area contributed by atoms with Crippen LogP contribution in [0, 0.1) is 5.92 Å². The Labute approximate surface area is 154 Å². The fourth-order valence-corrected chi connectivity index (χ4v) is 4.43. The summed E-state index contributed by atoms with van der Waals surface area (Å²) in [6, 6.07) is 4.99. The standard InChI is InChI=1S/C20H27NO5/c1-25-15-9-13(10-16(12-15)26-2)7-8-19(22)21-17-6-4-3-5-14(17)11-18(21)20(23)24/h9-10,12,14,17-18H,3-8,11H2,1-2H3,(H,23,24). The third-order valence-electron chi connectivity index (χ3n) is 5.70. The van der Waals surface area contributed by atoms with Crippen LogP contribution < -0.4 is 9.47 Å². The number of hydrogen-bond acceptors (Lipinski definition) is 4. The van der Waals surface area contributed by atoms with Crippen molar-refractivity contribution in [2.45, 2.75) is 57.0 Å². The van der Waals surface area contributed by atoms with Crippen molar-refractivity contribution in [3.8, 4) is 11.5 Å². The Morgan fingerprint density at radius 1 is 1.12 bits per heavy atom. The summed E-state index contributed by atoms with van der Waals surface area (Å²) in [5, 5.41) is 9.57. The number of amides is 1. The number of aliphatic carboxylic acids is 1. The van der Waals surface area contributed by atoms with Gasteiger partial charge in [-0.25, -0.2) is 4.79 Å². The minimum Gasteiger partial charge on any atom is -0.497 e. The van der Waals surface area contributed by atoms with Gasteiger partial charge in [-0.2, -0.15) is 0 Å². The number of hydrogen-bond donors (Lipinski definition) is 1. The molecule has 1 saturated heterocycles. The number of carbonyl (C=O) groups excluding carboxylic acids is 1. The number of benzene rings is 1. The molecule has 1 aliphatic heterocycles. The smallest absolute Gasteiger partial charge is 0.326 e. The van der Waals surface area contributed by atoms with Gasteiger partial charge in [-0.1, -0.05) is 12.8 Å². The Balaban J connectivity index is 1.71. The van der Waals surface area contributed by atoms with E-state index in [9.17, 15) is 14.7 Å². The lowest BCUT2D eigenvalue weighted by molar-refractivity contribution is -0.149. The number of aryl methyl sites for hydroxylation is 1. The number of ether oxygens (including phenoxy) is 2. The number of rotatable bonds is 6. The zero-order chi connectivity index (χ0) is 18.7. The minimum absolute atomic E-state index is 0.0615. The monoisotopic (exact) mass is 361 g/mol. The van der Waals surface area contributed by atoms with Gasteiger partial charge in [0, 0.05) is 18.5 Å². The maximum Gasteiger partial charge on any atom is 0.326 e. The minimum atomic E-state index is -0.879. The number of carboxylic acids is 1. The van der Waals surface area contributed by atoms with Gasteiger partial charge in [-0.15, -0.1) is 0 Å². The third kappa shape index (κ3) is 3.79. The number of methoxy groups -OCH3 is 2. The van der Waals surface area contributed by atoms with E-state index >= 15 is 0 Å². The Morgan fingerprint density at radius 2 is 1.77 bits per heavy atom.